The summed E-state index contributed by atoms with van der Waals surface area (Å²) in [6.07, 6.45) is 10.3. The van der Waals surface area contributed by atoms with Gasteiger partial charge in [-0.1, -0.05) is 48.5 Å². The molecule has 0 amide bonds. The molecule has 5 rings (SSSR count). The second-order valence-electron chi connectivity index (χ2n) is 6.64. The second kappa shape index (κ2) is 7.02. The molecule has 1 aliphatic carbocycles. The van der Waals surface area contributed by atoms with E-state index in [0.717, 1.165) is 5.69 Å². The Labute approximate surface area is 148 Å². The van der Waals surface area contributed by atoms with Gasteiger partial charge in [-0.3, -0.25) is 9.97 Å². The summed E-state index contributed by atoms with van der Waals surface area (Å²) in [5.74, 6) is 0. The van der Waals surface area contributed by atoms with Gasteiger partial charge in [0.25, 0.3) is 0 Å². The smallest absolute Gasteiger partial charge is 0.0555 e. The van der Waals surface area contributed by atoms with Crippen molar-refractivity contribution in [3.05, 3.63) is 83.9 Å². The minimum Gasteiger partial charge on any atom is -0.261 e. The number of aromatic nitrogens is 2. The van der Waals surface area contributed by atoms with Gasteiger partial charge in [-0.2, -0.15) is 0 Å². The zero-order valence-electron chi connectivity index (χ0n) is 14.6. The molecule has 2 heteroatoms. The first-order valence-electron chi connectivity index (χ1n) is 8.98. The fraction of sp³-hybridized carbons (Fsp3) is 0.217. The molecule has 1 heterocycles. The summed E-state index contributed by atoms with van der Waals surface area (Å²) in [6.45, 7) is 1.91. The molecule has 124 valence electrons. The molecule has 4 aromatic rings. The van der Waals surface area contributed by atoms with Gasteiger partial charge in [-0.05, 0) is 65.3 Å². The van der Waals surface area contributed by atoms with Gasteiger partial charge in [0.1, 0.15) is 0 Å². The standard InChI is InChI=1S/C18H16.C5H6N2/c1-3-7-15-13(5-1)9-11-18-16-8-4-2-6-14(16)10-12-17(15)18;1-5-4-6-2-3-7-5/h1,3,5,7,9-12H,2,4,6,8H2;2-4H,1H3. The van der Waals surface area contributed by atoms with E-state index in [4.69, 9.17) is 0 Å². The lowest BCUT2D eigenvalue weighted by atomic mass is 9.86. The summed E-state index contributed by atoms with van der Waals surface area (Å²) in [5.41, 5.74) is 4.14. The van der Waals surface area contributed by atoms with Gasteiger partial charge in [0.2, 0.25) is 0 Å². The highest BCUT2D eigenvalue weighted by atomic mass is 14.7. The molecular formula is C23H22N2. The quantitative estimate of drug-likeness (QED) is 0.390. The minimum atomic E-state index is 0.961. The number of fused-ring (bicyclic) bond motifs is 5. The number of benzene rings is 3. The SMILES string of the molecule is Cc1cnccn1.c1ccc2c(c1)ccc1c3c(ccc12)CCCC3. The third kappa shape index (κ3) is 3.25. The monoisotopic (exact) mass is 326 g/mol. The van der Waals surface area contributed by atoms with Crippen LogP contribution in [-0.4, -0.2) is 9.97 Å². The Balaban J connectivity index is 0.000000190. The van der Waals surface area contributed by atoms with E-state index in [1.54, 1.807) is 29.7 Å². The Morgan fingerprint density at radius 1 is 0.760 bits per heavy atom. The van der Waals surface area contributed by atoms with E-state index in [-0.39, 0.29) is 0 Å². The summed E-state index contributed by atoms with van der Waals surface area (Å²) in [5, 5.41) is 5.64. The van der Waals surface area contributed by atoms with Crippen LogP contribution in [0.4, 0.5) is 0 Å². The molecule has 0 fully saturated rings. The van der Waals surface area contributed by atoms with Crippen molar-refractivity contribution in [2.45, 2.75) is 32.6 Å². The van der Waals surface area contributed by atoms with Gasteiger partial charge in [0, 0.05) is 18.6 Å². The number of hydrogen-bond acceptors (Lipinski definition) is 2. The maximum Gasteiger partial charge on any atom is 0.0555 e. The van der Waals surface area contributed by atoms with Crippen LogP contribution in [0.1, 0.15) is 29.7 Å². The molecule has 0 bridgehead atoms. The highest BCUT2D eigenvalue weighted by Crippen LogP contribution is 2.33. The van der Waals surface area contributed by atoms with E-state index in [1.165, 1.54) is 47.2 Å². The topological polar surface area (TPSA) is 25.8 Å². The normalized spacial score (nSPS) is 13.2. The van der Waals surface area contributed by atoms with Crippen LogP contribution in [0.2, 0.25) is 0 Å². The molecular weight excluding hydrogens is 304 g/mol. The van der Waals surface area contributed by atoms with E-state index in [9.17, 15) is 0 Å². The Kier molecular flexibility index (Phi) is 4.43. The zero-order chi connectivity index (χ0) is 17.1. The van der Waals surface area contributed by atoms with Crippen LogP contribution in [0, 0.1) is 6.92 Å². The van der Waals surface area contributed by atoms with Gasteiger partial charge >= 0.3 is 0 Å². The third-order valence-corrected chi connectivity index (χ3v) is 4.95. The van der Waals surface area contributed by atoms with Crippen LogP contribution in [0.5, 0.6) is 0 Å². The molecule has 0 N–H and O–H groups in total. The number of rotatable bonds is 0. The van der Waals surface area contributed by atoms with Crippen molar-refractivity contribution in [3.8, 4) is 0 Å². The van der Waals surface area contributed by atoms with Crippen LogP contribution >= 0.6 is 0 Å². The number of nitrogens with zero attached hydrogens (tertiary/aromatic N) is 2. The Morgan fingerprint density at radius 2 is 1.60 bits per heavy atom. The third-order valence-electron chi connectivity index (χ3n) is 4.95. The molecule has 0 radical (unpaired) electrons. The molecule has 1 aliphatic rings. The lowest BCUT2D eigenvalue weighted by Gasteiger charge is -2.18. The maximum atomic E-state index is 3.92. The lowest BCUT2D eigenvalue weighted by Crippen LogP contribution is -2.02. The highest BCUT2D eigenvalue weighted by molar-refractivity contribution is 6.08. The van der Waals surface area contributed by atoms with E-state index < -0.39 is 0 Å². The van der Waals surface area contributed by atoms with Crippen molar-refractivity contribution in [2.24, 2.45) is 0 Å². The van der Waals surface area contributed by atoms with Gasteiger partial charge in [-0.15, -0.1) is 0 Å². The predicted octanol–water partition coefficient (Wildman–Crippen LogP) is 5.66. The molecule has 2 nitrogen and oxygen atoms in total. The summed E-state index contributed by atoms with van der Waals surface area (Å²) in [6, 6.07) is 18.0. The van der Waals surface area contributed by atoms with Gasteiger partial charge in [0.05, 0.1) is 5.69 Å². The predicted molar refractivity (Wildman–Crippen MR) is 105 cm³/mol. The molecule has 25 heavy (non-hydrogen) atoms. The van der Waals surface area contributed by atoms with E-state index in [2.05, 4.69) is 58.5 Å². The fourth-order valence-corrected chi connectivity index (χ4v) is 3.72. The fourth-order valence-electron chi connectivity index (χ4n) is 3.72. The largest absolute Gasteiger partial charge is 0.261 e. The van der Waals surface area contributed by atoms with Crippen LogP contribution < -0.4 is 0 Å². The van der Waals surface area contributed by atoms with Crippen molar-refractivity contribution in [1.29, 1.82) is 0 Å². The Morgan fingerprint density at radius 3 is 2.40 bits per heavy atom. The maximum absolute atomic E-state index is 3.92. The highest BCUT2D eigenvalue weighted by Gasteiger charge is 2.13. The zero-order valence-corrected chi connectivity index (χ0v) is 14.6. The summed E-state index contributed by atoms with van der Waals surface area (Å²) in [7, 11) is 0. The van der Waals surface area contributed by atoms with Crippen molar-refractivity contribution in [3.63, 3.8) is 0 Å². The van der Waals surface area contributed by atoms with E-state index >= 15 is 0 Å². The molecule has 0 saturated carbocycles. The molecule has 1 aromatic heterocycles. The van der Waals surface area contributed by atoms with Crippen molar-refractivity contribution in [1.82, 2.24) is 9.97 Å². The molecule has 0 saturated heterocycles. The molecule has 0 aliphatic heterocycles. The van der Waals surface area contributed by atoms with Gasteiger partial charge in [0.15, 0.2) is 0 Å². The van der Waals surface area contributed by atoms with Crippen molar-refractivity contribution >= 4 is 21.5 Å². The molecule has 3 aromatic carbocycles. The second-order valence-corrected chi connectivity index (χ2v) is 6.64. The summed E-state index contributed by atoms with van der Waals surface area (Å²) < 4.78 is 0. The van der Waals surface area contributed by atoms with E-state index in [0.29, 0.717) is 0 Å². The molecule has 0 unspecified atom stereocenters. The van der Waals surface area contributed by atoms with Crippen molar-refractivity contribution in [2.75, 3.05) is 0 Å². The average molecular weight is 326 g/mol. The average Bonchev–Trinajstić information content (AvgIpc) is 2.68. The van der Waals surface area contributed by atoms with Crippen LogP contribution in [0.25, 0.3) is 21.5 Å². The summed E-state index contributed by atoms with van der Waals surface area (Å²) in [4.78, 5) is 7.74. The van der Waals surface area contributed by atoms with Gasteiger partial charge < -0.3 is 0 Å². The summed E-state index contributed by atoms with van der Waals surface area (Å²) >= 11 is 0. The Hall–Kier alpha value is -2.74. The first-order chi connectivity index (χ1) is 12.3. The molecule has 0 atom stereocenters. The van der Waals surface area contributed by atoms with Gasteiger partial charge in [-0.25, -0.2) is 0 Å². The lowest BCUT2D eigenvalue weighted by molar-refractivity contribution is 0.690. The van der Waals surface area contributed by atoms with Crippen LogP contribution in [0.15, 0.2) is 67.1 Å². The van der Waals surface area contributed by atoms with Crippen LogP contribution in [0.3, 0.4) is 0 Å². The number of hydrogen-bond donors (Lipinski definition) is 0. The first-order valence-corrected chi connectivity index (χ1v) is 8.98. The molecule has 0 spiro atoms. The van der Waals surface area contributed by atoms with E-state index in [1.807, 2.05) is 6.92 Å². The Bertz CT molecular complexity index is 1010. The number of aryl methyl sites for hydroxylation is 3. The first kappa shape index (κ1) is 15.8. The van der Waals surface area contributed by atoms with Crippen LogP contribution in [-0.2, 0) is 12.8 Å². The van der Waals surface area contributed by atoms with Crippen molar-refractivity contribution < 1.29 is 0 Å². The minimum absolute atomic E-state index is 0.961.